The highest BCUT2D eigenvalue weighted by molar-refractivity contribution is 9.10. The third-order valence-electron chi connectivity index (χ3n) is 2.34. The second-order valence-corrected chi connectivity index (χ2v) is 7.95. The molecular formula is C9H14BrNO2S2. The van der Waals surface area contributed by atoms with Gasteiger partial charge in [-0.1, -0.05) is 0 Å². The van der Waals surface area contributed by atoms with Gasteiger partial charge in [0.25, 0.3) is 0 Å². The largest absolute Gasteiger partial charge is 0.326 e. The molecule has 0 radical (unpaired) electrons. The van der Waals surface area contributed by atoms with Gasteiger partial charge >= 0.3 is 0 Å². The van der Waals surface area contributed by atoms with Crippen LogP contribution < -0.4 is 5.73 Å². The van der Waals surface area contributed by atoms with Crippen LogP contribution in [0.1, 0.15) is 11.8 Å². The molecule has 1 aromatic rings. The quantitative estimate of drug-likeness (QED) is 0.922. The highest BCUT2D eigenvalue weighted by atomic mass is 79.9. The van der Waals surface area contributed by atoms with Crippen molar-refractivity contribution < 1.29 is 8.42 Å². The van der Waals surface area contributed by atoms with Gasteiger partial charge in [0.15, 0.2) is 9.84 Å². The van der Waals surface area contributed by atoms with Crippen LogP contribution in [0, 0.1) is 0 Å². The first-order chi connectivity index (χ1) is 6.80. The molecule has 2 atom stereocenters. The highest BCUT2D eigenvalue weighted by Crippen LogP contribution is 2.21. The normalized spacial score (nSPS) is 16.3. The van der Waals surface area contributed by atoms with Gasteiger partial charge in [-0.3, -0.25) is 0 Å². The van der Waals surface area contributed by atoms with Crippen molar-refractivity contribution in [1.29, 1.82) is 0 Å². The molecule has 0 spiro atoms. The molecule has 2 unspecified atom stereocenters. The minimum Gasteiger partial charge on any atom is -0.326 e. The lowest BCUT2D eigenvalue weighted by Gasteiger charge is -2.17. The molecular weight excluding hydrogens is 298 g/mol. The second-order valence-electron chi connectivity index (χ2n) is 3.63. The lowest BCUT2D eigenvalue weighted by atomic mass is 10.1. The molecule has 0 saturated heterocycles. The Morgan fingerprint density at radius 1 is 1.60 bits per heavy atom. The Hall–Kier alpha value is 0.0900. The molecule has 2 N–H and O–H groups in total. The molecule has 0 saturated carbocycles. The molecule has 0 aromatic carbocycles. The Morgan fingerprint density at radius 3 is 2.60 bits per heavy atom. The third kappa shape index (κ3) is 3.86. The van der Waals surface area contributed by atoms with Crippen LogP contribution in [-0.2, 0) is 16.3 Å². The number of halogens is 1. The summed E-state index contributed by atoms with van der Waals surface area (Å²) in [7, 11) is -3.05. The van der Waals surface area contributed by atoms with Crippen LogP contribution in [0.3, 0.4) is 0 Å². The first-order valence-electron chi connectivity index (χ1n) is 4.48. The van der Waals surface area contributed by atoms with Gasteiger partial charge in [0.2, 0.25) is 0 Å². The fraction of sp³-hybridized carbons (Fsp3) is 0.556. The molecule has 1 aromatic heterocycles. The zero-order valence-corrected chi connectivity index (χ0v) is 11.8. The van der Waals surface area contributed by atoms with Gasteiger partial charge in [-0.15, -0.1) is 11.3 Å². The van der Waals surface area contributed by atoms with Gasteiger partial charge in [0, 0.05) is 27.0 Å². The summed E-state index contributed by atoms with van der Waals surface area (Å²) in [6.45, 7) is 1.66. The highest BCUT2D eigenvalue weighted by Gasteiger charge is 2.23. The molecule has 0 aliphatic carbocycles. The Morgan fingerprint density at radius 2 is 2.20 bits per heavy atom. The number of sulfone groups is 1. The summed E-state index contributed by atoms with van der Waals surface area (Å²) < 4.78 is 23.6. The molecule has 0 amide bonds. The lowest BCUT2D eigenvalue weighted by molar-refractivity contribution is 0.563. The predicted octanol–water partition coefficient (Wildman–Crippen LogP) is 1.81. The fourth-order valence-corrected chi connectivity index (χ4v) is 3.43. The summed E-state index contributed by atoms with van der Waals surface area (Å²) in [6.07, 6.45) is 1.83. The smallest absolute Gasteiger partial charge is 0.151 e. The van der Waals surface area contributed by atoms with Gasteiger partial charge in [-0.2, -0.15) is 0 Å². The summed E-state index contributed by atoms with van der Waals surface area (Å²) in [5, 5.41) is 1.46. The summed E-state index contributed by atoms with van der Waals surface area (Å²) in [6, 6.07) is 1.63. The van der Waals surface area contributed by atoms with E-state index in [-0.39, 0.29) is 6.04 Å². The van der Waals surface area contributed by atoms with Crippen LogP contribution in [0.15, 0.2) is 15.9 Å². The van der Waals surface area contributed by atoms with Crippen molar-refractivity contribution in [1.82, 2.24) is 0 Å². The van der Waals surface area contributed by atoms with Gasteiger partial charge in [-0.25, -0.2) is 8.42 Å². The molecule has 15 heavy (non-hydrogen) atoms. The van der Waals surface area contributed by atoms with Crippen molar-refractivity contribution in [2.24, 2.45) is 5.73 Å². The number of hydrogen-bond donors (Lipinski definition) is 1. The van der Waals surface area contributed by atoms with E-state index < -0.39 is 15.1 Å². The monoisotopic (exact) mass is 311 g/mol. The maximum atomic E-state index is 11.3. The van der Waals surface area contributed by atoms with Gasteiger partial charge in [0.1, 0.15) is 0 Å². The molecule has 1 heterocycles. The van der Waals surface area contributed by atoms with E-state index in [2.05, 4.69) is 15.9 Å². The van der Waals surface area contributed by atoms with Crippen LogP contribution in [0.25, 0.3) is 0 Å². The zero-order chi connectivity index (χ0) is 11.6. The standard InChI is InChI=1S/C9H14BrNO2S2/c1-6(15(2,12)13)9(11)4-8-3-7(10)5-14-8/h3,5-6,9H,4,11H2,1-2H3. The Labute approximate surface area is 103 Å². The Bertz CT molecular complexity index is 427. The molecule has 86 valence electrons. The molecule has 6 heteroatoms. The number of rotatable bonds is 4. The fourth-order valence-electron chi connectivity index (χ4n) is 1.18. The van der Waals surface area contributed by atoms with Crippen LogP contribution >= 0.6 is 27.3 Å². The van der Waals surface area contributed by atoms with Crippen LogP contribution in [0.5, 0.6) is 0 Å². The molecule has 0 bridgehead atoms. The maximum absolute atomic E-state index is 11.3. The van der Waals surface area contributed by atoms with Crippen molar-refractivity contribution in [3.63, 3.8) is 0 Å². The molecule has 0 aliphatic heterocycles. The average molecular weight is 312 g/mol. The number of hydrogen-bond acceptors (Lipinski definition) is 4. The zero-order valence-electron chi connectivity index (χ0n) is 8.60. The van der Waals surface area contributed by atoms with E-state index in [0.29, 0.717) is 6.42 Å². The summed E-state index contributed by atoms with van der Waals surface area (Å²) in [5.41, 5.74) is 5.86. The van der Waals surface area contributed by atoms with E-state index in [0.717, 1.165) is 9.35 Å². The van der Waals surface area contributed by atoms with Crippen molar-refractivity contribution in [3.05, 3.63) is 20.8 Å². The molecule has 1 rings (SSSR count). The third-order valence-corrected chi connectivity index (χ3v) is 5.76. The SMILES string of the molecule is CC(C(N)Cc1cc(Br)cs1)S(C)(=O)=O. The molecule has 0 fully saturated rings. The van der Waals surface area contributed by atoms with Gasteiger partial charge in [-0.05, 0) is 35.3 Å². The van der Waals surface area contributed by atoms with Gasteiger partial charge in [0.05, 0.1) is 5.25 Å². The Balaban J connectivity index is 2.68. The Kier molecular flexibility index (Phi) is 4.34. The number of nitrogens with two attached hydrogens (primary N) is 1. The summed E-state index contributed by atoms with van der Waals surface area (Å²) in [4.78, 5) is 1.10. The van der Waals surface area contributed by atoms with E-state index in [9.17, 15) is 8.42 Å². The van der Waals surface area contributed by atoms with Crippen LogP contribution in [0.2, 0.25) is 0 Å². The van der Waals surface area contributed by atoms with Crippen LogP contribution in [-0.4, -0.2) is 26.0 Å². The van der Waals surface area contributed by atoms with E-state index in [1.54, 1.807) is 18.3 Å². The molecule has 0 aliphatic rings. The van der Waals surface area contributed by atoms with E-state index in [4.69, 9.17) is 5.73 Å². The first-order valence-corrected chi connectivity index (χ1v) is 8.11. The predicted molar refractivity (Wildman–Crippen MR) is 68.0 cm³/mol. The van der Waals surface area contributed by atoms with E-state index >= 15 is 0 Å². The van der Waals surface area contributed by atoms with Crippen molar-refractivity contribution >= 4 is 37.1 Å². The molecule has 3 nitrogen and oxygen atoms in total. The van der Waals surface area contributed by atoms with E-state index in [1.165, 1.54) is 6.26 Å². The van der Waals surface area contributed by atoms with Crippen molar-refractivity contribution in [2.75, 3.05) is 6.26 Å². The van der Waals surface area contributed by atoms with Crippen molar-refractivity contribution in [3.8, 4) is 0 Å². The summed E-state index contributed by atoms with van der Waals surface area (Å²) in [5.74, 6) is 0. The maximum Gasteiger partial charge on any atom is 0.151 e. The topological polar surface area (TPSA) is 60.2 Å². The minimum absolute atomic E-state index is 0.342. The van der Waals surface area contributed by atoms with Crippen molar-refractivity contribution in [2.45, 2.75) is 24.6 Å². The summed E-state index contributed by atoms with van der Waals surface area (Å²) >= 11 is 4.93. The van der Waals surface area contributed by atoms with Gasteiger partial charge < -0.3 is 5.73 Å². The minimum atomic E-state index is -3.05. The average Bonchev–Trinajstić information content (AvgIpc) is 2.48. The second kappa shape index (κ2) is 4.95. The van der Waals surface area contributed by atoms with Crippen LogP contribution in [0.4, 0.5) is 0 Å². The van der Waals surface area contributed by atoms with E-state index in [1.807, 2.05) is 11.4 Å². The number of thiophene rings is 1. The first kappa shape index (κ1) is 13.2. The lowest BCUT2D eigenvalue weighted by Crippen LogP contribution is -2.39.